The van der Waals surface area contributed by atoms with E-state index >= 15 is 0 Å². The van der Waals surface area contributed by atoms with Crippen LogP contribution in [-0.2, 0) is 14.3 Å². The summed E-state index contributed by atoms with van der Waals surface area (Å²) in [5, 5.41) is 22.9. The van der Waals surface area contributed by atoms with Crippen molar-refractivity contribution in [1.29, 1.82) is 0 Å². The average Bonchev–Trinajstić information content (AvgIpc) is 3.27. The van der Waals surface area contributed by atoms with E-state index in [9.17, 15) is 19.8 Å². The molecule has 0 aromatic rings. The largest absolute Gasteiger partial charge is 0.466 e. The van der Waals surface area contributed by atoms with Gasteiger partial charge in [-0.2, -0.15) is 0 Å². The van der Waals surface area contributed by atoms with E-state index in [4.69, 9.17) is 4.74 Å². The monoisotopic (exact) mass is 872 g/mol. The molecule has 0 heterocycles. The molecule has 1 amide bonds. The number of aliphatic hydroxyl groups is 2. The Morgan fingerprint density at radius 2 is 0.806 bits per heavy atom. The zero-order valence-electron chi connectivity index (χ0n) is 41.4. The molecule has 0 saturated heterocycles. The predicted molar refractivity (Wildman–Crippen MR) is 269 cm³/mol. The maximum Gasteiger partial charge on any atom is 0.305 e. The van der Waals surface area contributed by atoms with Crippen LogP contribution in [0.4, 0.5) is 0 Å². The smallest absolute Gasteiger partial charge is 0.305 e. The van der Waals surface area contributed by atoms with Crippen molar-refractivity contribution in [3.8, 4) is 0 Å². The van der Waals surface area contributed by atoms with Crippen LogP contribution in [0.2, 0.25) is 0 Å². The molecule has 0 aliphatic carbocycles. The Hall–Kier alpha value is -1.92. The lowest BCUT2D eigenvalue weighted by Gasteiger charge is -2.20. The number of nitrogens with one attached hydrogen (secondary N) is 1. The summed E-state index contributed by atoms with van der Waals surface area (Å²) in [6, 6.07) is -0.630. The minimum atomic E-state index is -0.846. The van der Waals surface area contributed by atoms with Crippen molar-refractivity contribution in [2.45, 2.75) is 296 Å². The summed E-state index contributed by atoms with van der Waals surface area (Å²) >= 11 is 0. The second-order valence-corrected chi connectivity index (χ2v) is 18.6. The van der Waals surface area contributed by atoms with Crippen LogP contribution in [0.5, 0.6) is 0 Å². The highest BCUT2D eigenvalue weighted by atomic mass is 16.5. The number of ether oxygens (including phenoxy) is 1. The lowest BCUT2D eigenvalue weighted by molar-refractivity contribution is -0.143. The third-order valence-electron chi connectivity index (χ3n) is 12.4. The minimum absolute atomic E-state index is 0.00758. The first-order valence-corrected chi connectivity index (χ1v) is 27.3. The number of unbranched alkanes of at least 4 members (excludes halogenated alkanes) is 35. The standard InChI is InChI=1S/C56H105NO5/c1-3-5-7-9-11-13-29-34-38-42-46-50-56(61)62-51-47-43-39-35-31-28-26-24-22-20-18-16-14-15-17-19-21-23-25-27-30-33-37-41-45-49-55(60)57-53(52-58)54(59)48-44-40-36-32-12-10-8-6-4-2/h15-18,44,48,53-54,58-59H,3-14,19-43,45-47,49-52H2,1-2H3,(H,57,60)/b17-15-,18-16-,48-44+. The fourth-order valence-corrected chi connectivity index (χ4v) is 8.19. The molecule has 2 atom stereocenters. The van der Waals surface area contributed by atoms with E-state index in [2.05, 4.69) is 43.5 Å². The summed E-state index contributed by atoms with van der Waals surface area (Å²) in [6.45, 7) is 4.86. The number of aliphatic hydroxyl groups excluding tert-OH is 2. The third kappa shape index (κ3) is 47.6. The van der Waals surface area contributed by atoms with Gasteiger partial charge in [0.15, 0.2) is 0 Å². The van der Waals surface area contributed by atoms with E-state index < -0.39 is 12.1 Å². The van der Waals surface area contributed by atoms with E-state index in [1.807, 2.05) is 6.08 Å². The fourth-order valence-electron chi connectivity index (χ4n) is 8.19. The molecule has 6 heteroatoms. The van der Waals surface area contributed by atoms with Crippen molar-refractivity contribution >= 4 is 11.9 Å². The summed E-state index contributed by atoms with van der Waals surface area (Å²) in [5.74, 6) is -0.0697. The molecule has 3 N–H and O–H groups in total. The highest BCUT2D eigenvalue weighted by Gasteiger charge is 2.18. The van der Waals surface area contributed by atoms with Crippen LogP contribution in [0.15, 0.2) is 36.5 Å². The van der Waals surface area contributed by atoms with Crippen LogP contribution >= 0.6 is 0 Å². The predicted octanol–water partition coefficient (Wildman–Crippen LogP) is 16.5. The first-order chi connectivity index (χ1) is 30.5. The number of allylic oxidation sites excluding steroid dienone is 5. The SMILES string of the molecule is CCCCCCCCC/C=C/C(O)C(CO)NC(=O)CCCCCCCCCCC/C=C\C/C=C\CCCCCCCCCCCOC(=O)CCCCCCCCCCCCC. The molecule has 364 valence electrons. The van der Waals surface area contributed by atoms with Gasteiger partial charge in [0, 0.05) is 12.8 Å². The van der Waals surface area contributed by atoms with Gasteiger partial charge in [-0.3, -0.25) is 9.59 Å². The Morgan fingerprint density at radius 1 is 0.452 bits per heavy atom. The van der Waals surface area contributed by atoms with Gasteiger partial charge >= 0.3 is 5.97 Å². The fraction of sp³-hybridized carbons (Fsp3) is 0.857. The lowest BCUT2D eigenvalue weighted by Crippen LogP contribution is -2.45. The minimum Gasteiger partial charge on any atom is -0.466 e. The van der Waals surface area contributed by atoms with Crippen molar-refractivity contribution in [1.82, 2.24) is 5.32 Å². The van der Waals surface area contributed by atoms with Gasteiger partial charge in [-0.05, 0) is 64.2 Å². The number of esters is 1. The molecule has 62 heavy (non-hydrogen) atoms. The maximum absolute atomic E-state index is 12.4. The molecule has 0 aromatic heterocycles. The number of amides is 1. The number of carbonyl (C=O) groups excluding carboxylic acids is 2. The van der Waals surface area contributed by atoms with E-state index in [-0.39, 0.29) is 18.5 Å². The highest BCUT2D eigenvalue weighted by Crippen LogP contribution is 2.15. The Labute approximate surface area is 385 Å². The van der Waals surface area contributed by atoms with Gasteiger partial charge in [-0.15, -0.1) is 0 Å². The molecule has 0 aliphatic heterocycles. The molecule has 0 radical (unpaired) electrons. The van der Waals surface area contributed by atoms with Gasteiger partial charge in [-0.25, -0.2) is 0 Å². The molecular weight excluding hydrogens is 767 g/mol. The van der Waals surface area contributed by atoms with Crippen LogP contribution in [0.3, 0.4) is 0 Å². The quantitative estimate of drug-likeness (QED) is 0.0321. The summed E-state index contributed by atoms with van der Waals surface area (Å²) < 4.78 is 5.45. The zero-order valence-corrected chi connectivity index (χ0v) is 41.4. The maximum atomic E-state index is 12.4. The Bertz CT molecular complexity index is 1010. The van der Waals surface area contributed by atoms with Crippen LogP contribution < -0.4 is 5.32 Å². The van der Waals surface area contributed by atoms with Crippen LogP contribution in [0.25, 0.3) is 0 Å². The number of hydrogen-bond acceptors (Lipinski definition) is 5. The van der Waals surface area contributed by atoms with Gasteiger partial charge in [-0.1, -0.05) is 243 Å². The Kier molecular flexibility index (Phi) is 50.1. The number of rotatable bonds is 50. The van der Waals surface area contributed by atoms with Gasteiger partial charge < -0.3 is 20.3 Å². The Balaban J connectivity index is 3.43. The van der Waals surface area contributed by atoms with Crippen molar-refractivity contribution in [2.75, 3.05) is 13.2 Å². The summed E-state index contributed by atoms with van der Waals surface area (Å²) in [6.07, 6.45) is 63.1. The molecule has 0 rings (SSSR count). The second kappa shape index (κ2) is 51.7. The van der Waals surface area contributed by atoms with Gasteiger partial charge in [0.2, 0.25) is 5.91 Å². The van der Waals surface area contributed by atoms with Gasteiger partial charge in [0.05, 0.1) is 25.4 Å². The van der Waals surface area contributed by atoms with Crippen LogP contribution in [0.1, 0.15) is 284 Å². The van der Waals surface area contributed by atoms with E-state index in [0.29, 0.717) is 19.4 Å². The summed E-state index contributed by atoms with van der Waals surface area (Å²) in [5.41, 5.74) is 0. The van der Waals surface area contributed by atoms with E-state index in [1.54, 1.807) is 6.08 Å². The van der Waals surface area contributed by atoms with Crippen molar-refractivity contribution in [3.05, 3.63) is 36.5 Å². The summed E-state index contributed by atoms with van der Waals surface area (Å²) in [7, 11) is 0. The topological polar surface area (TPSA) is 95.9 Å². The zero-order chi connectivity index (χ0) is 45.1. The van der Waals surface area contributed by atoms with Crippen molar-refractivity contribution in [3.63, 3.8) is 0 Å². The molecule has 0 spiro atoms. The average molecular weight is 872 g/mol. The molecule has 0 aliphatic rings. The molecule has 0 saturated carbocycles. The van der Waals surface area contributed by atoms with Gasteiger partial charge in [0.25, 0.3) is 0 Å². The molecule has 6 nitrogen and oxygen atoms in total. The molecule has 0 aromatic carbocycles. The first-order valence-electron chi connectivity index (χ1n) is 27.3. The lowest BCUT2D eigenvalue weighted by atomic mass is 10.0. The molecule has 0 bridgehead atoms. The molecular formula is C56H105NO5. The Morgan fingerprint density at radius 3 is 1.23 bits per heavy atom. The summed E-state index contributed by atoms with van der Waals surface area (Å²) in [4.78, 5) is 24.3. The van der Waals surface area contributed by atoms with Crippen molar-refractivity contribution in [2.24, 2.45) is 0 Å². The highest BCUT2D eigenvalue weighted by molar-refractivity contribution is 5.76. The van der Waals surface area contributed by atoms with Crippen molar-refractivity contribution < 1.29 is 24.5 Å². The van der Waals surface area contributed by atoms with E-state index in [0.717, 1.165) is 44.9 Å². The van der Waals surface area contributed by atoms with Crippen LogP contribution in [-0.4, -0.2) is 47.4 Å². The van der Waals surface area contributed by atoms with Gasteiger partial charge in [0.1, 0.15) is 0 Å². The second-order valence-electron chi connectivity index (χ2n) is 18.6. The number of hydrogen-bond donors (Lipinski definition) is 3. The normalized spacial score (nSPS) is 12.9. The number of carbonyl (C=O) groups is 2. The third-order valence-corrected chi connectivity index (χ3v) is 12.4. The molecule has 0 fully saturated rings. The molecule has 2 unspecified atom stereocenters. The van der Waals surface area contributed by atoms with Crippen LogP contribution in [0, 0.1) is 0 Å². The van der Waals surface area contributed by atoms with E-state index in [1.165, 1.54) is 212 Å². The first kappa shape index (κ1) is 60.1.